The summed E-state index contributed by atoms with van der Waals surface area (Å²) in [6.07, 6.45) is 4.97. The summed E-state index contributed by atoms with van der Waals surface area (Å²) in [7, 11) is 3.15. The molecule has 8 heteroatoms. The predicted octanol–water partition coefficient (Wildman–Crippen LogP) is 1.26. The van der Waals surface area contributed by atoms with Gasteiger partial charge < -0.3 is 9.64 Å². The molecule has 0 aliphatic carbocycles. The van der Waals surface area contributed by atoms with E-state index >= 15 is 0 Å². The number of hydrogen-bond donors (Lipinski definition) is 0. The molecule has 0 N–H and O–H groups in total. The van der Waals surface area contributed by atoms with E-state index in [1.54, 1.807) is 24.0 Å². The van der Waals surface area contributed by atoms with E-state index in [1.165, 1.54) is 13.2 Å². The number of carbonyl (C=O) groups is 1. The number of hydrogen-bond acceptors (Lipinski definition) is 6. The van der Waals surface area contributed by atoms with E-state index in [0.29, 0.717) is 24.7 Å². The minimum atomic E-state index is -0.274. The normalized spacial score (nSPS) is 21.8. The number of nitrogens with zero attached hydrogens (tertiary/aromatic N) is 5. The highest BCUT2D eigenvalue weighted by atomic mass is 16.5. The van der Waals surface area contributed by atoms with Crippen LogP contribution in [0.5, 0.6) is 0 Å². The van der Waals surface area contributed by atoms with Crippen LogP contribution in [0.4, 0.5) is 10.7 Å². The molecule has 2 aliphatic heterocycles. The van der Waals surface area contributed by atoms with E-state index in [4.69, 9.17) is 9.72 Å². The average molecular weight is 355 g/mol. The van der Waals surface area contributed by atoms with E-state index in [1.807, 2.05) is 17.0 Å². The Morgan fingerprint density at radius 1 is 1.19 bits per heavy atom. The second-order valence-electron chi connectivity index (χ2n) is 6.74. The molecule has 0 saturated carbocycles. The number of carbonyl (C=O) groups excluding carboxylic acids is 1. The van der Waals surface area contributed by atoms with Gasteiger partial charge in [-0.3, -0.25) is 19.2 Å². The van der Waals surface area contributed by atoms with Crippen molar-refractivity contribution in [2.45, 2.75) is 24.9 Å². The van der Waals surface area contributed by atoms with Crippen LogP contribution in [0.3, 0.4) is 0 Å². The van der Waals surface area contributed by atoms with Gasteiger partial charge in [-0.15, -0.1) is 0 Å². The first-order chi connectivity index (χ1) is 12.6. The third-order valence-electron chi connectivity index (χ3n) is 5.24. The van der Waals surface area contributed by atoms with Crippen LogP contribution >= 0.6 is 0 Å². The highest BCUT2D eigenvalue weighted by Crippen LogP contribution is 2.32. The summed E-state index contributed by atoms with van der Waals surface area (Å²) in [6, 6.07) is 5.39. The standard InChI is InChI=1S/C18H21N5O3/c1-21-16(24)9-15(12-5-7-19-8-6-12)20-17(21)22-10-13-3-4-14(11-22)23(13)18(25)26-2/h5-9,13-14H,3-4,10-11H2,1-2H3/t13-,14+. The molecule has 2 aromatic heterocycles. The van der Waals surface area contributed by atoms with Crippen LogP contribution in [0.15, 0.2) is 35.4 Å². The van der Waals surface area contributed by atoms with Crippen LogP contribution in [0.2, 0.25) is 0 Å². The largest absolute Gasteiger partial charge is 0.453 e. The molecule has 2 aliphatic rings. The molecule has 136 valence electrons. The molecule has 0 radical (unpaired) electrons. The lowest BCUT2D eigenvalue weighted by Crippen LogP contribution is -2.56. The highest BCUT2D eigenvalue weighted by molar-refractivity contribution is 5.69. The molecule has 2 bridgehead atoms. The maximum Gasteiger partial charge on any atom is 0.410 e. The summed E-state index contributed by atoms with van der Waals surface area (Å²) in [5.74, 6) is 0.630. The van der Waals surface area contributed by atoms with E-state index in [-0.39, 0.29) is 23.7 Å². The van der Waals surface area contributed by atoms with Crippen LogP contribution in [-0.4, -0.2) is 57.8 Å². The first-order valence-electron chi connectivity index (χ1n) is 8.68. The lowest BCUT2D eigenvalue weighted by atomic mass is 10.2. The minimum absolute atomic E-state index is 0.0858. The van der Waals surface area contributed by atoms with Crippen molar-refractivity contribution < 1.29 is 9.53 Å². The molecule has 0 unspecified atom stereocenters. The second-order valence-corrected chi connectivity index (χ2v) is 6.74. The number of methoxy groups -OCH3 is 1. The Hall–Kier alpha value is -2.90. The van der Waals surface area contributed by atoms with Gasteiger partial charge in [0.15, 0.2) is 0 Å². The maximum atomic E-state index is 12.5. The number of ether oxygens (including phenoxy) is 1. The van der Waals surface area contributed by atoms with E-state index in [9.17, 15) is 9.59 Å². The first kappa shape index (κ1) is 16.6. The molecule has 2 aromatic rings. The van der Waals surface area contributed by atoms with Crippen LogP contribution in [0, 0.1) is 0 Å². The highest BCUT2D eigenvalue weighted by Gasteiger charge is 2.44. The lowest BCUT2D eigenvalue weighted by Gasteiger charge is -2.40. The van der Waals surface area contributed by atoms with Gasteiger partial charge in [0.25, 0.3) is 5.56 Å². The maximum absolute atomic E-state index is 12.5. The van der Waals surface area contributed by atoms with Crippen molar-refractivity contribution >= 4 is 12.0 Å². The minimum Gasteiger partial charge on any atom is -0.453 e. The number of anilines is 1. The third kappa shape index (κ3) is 2.71. The molecular weight excluding hydrogens is 334 g/mol. The summed E-state index contributed by atoms with van der Waals surface area (Å²) in [6.45, 7) is 1.29. The van der Waals surface area contributed by atoms with Gasteiger partial charge in [0.2, 0.25) is 5.95 Å². The number of rotatable bonds is 2. The number of piperazine rings is 1. The van der Waals surface area contributed by atoms with Crippen LogP contribution in [0.1, 0.15) is 12.8 Å². The Morgan fingerprint density at radius 2 is 1.85 bits per heavy atom. The predicted molar refractivity (Wildman–Crippen MR) is 96.0 cm³/mol. The smallest absolute Gasteiger partial charge is 0.410 e. The molecular formula is C18H21N5O3. The van der Waals surface area contributed by atoms with Gasteiger partial charge in [-0.05, 0) is 25.0 Å². The van der Waals surface area contributed by atoms with Gasteiger partial charge in [0.05, 0.1) is 24.9 Å². The Balaban J connectivity index is 1.68. The van der Waals surface area contributed by atoms with E-state index < -0.39 is 0 Å². The number of pyridine rings is 1. The zero-order valence-corrected chi connectivity index (χ0v) is 14.8. The topological polar surface area (TPSA) is 80.6 Å². The van der Waals surface area contributed by atoms with Gasteiger partial charge in [0.1, 0.15) is 0 Å². The molecule has 8 nitrogen and oxygen atoms in total. The van der Waals surface area contributed by atoms with Crippen LogP contribution in [0.25, 0.3) is 11.3 Å². The van der Waals surface area contributed by atoms with Gasteiger partial charge >= 0.3 is 6.09 Å². The Morgan fingerprint density at radius 3 is 2.46 bits per heavy atom. The lowest BCUT2D eigenvalue weighted by molar-refractivity contribution is 0.0959. The number of fused-ring (bicyclic) bond motifs is 2. The number of aromatic nitrogens is 3. The number of amides is 1. The van der Waals surface area contributed by atoms with Crippen LogP contribution < -0.4 is 10.5 Å². The van der Waals surface area contributed by atoms with Crippen molar-refractivity contribution in [2.75, 3.05) is 25.1 Å². The van der Waals surface area contributed by atoms with E-state index in [0.717, 1.165) is 18.4 Å². The summed E-state index contributed by atoms with van der Waals surface area (Å²) < 4.78 is 6.49. The zero-order valence-electron chi connectivity index (χ0n) is 14.8. The van der Waals surface area contributed by atoms with Gasteiger partial charge in [-0.1, -0.05) is 0 Å². The fraction of sp³-hybridized carbons (Fsp3) is 0.444. The van der Waals surface area contributed by atoms with Crippen molar-refractivity contribution in [1.29, 1.82) is 0 Å². The molecule has 2 saturated heterocycles. The first-order valence-corrected chi connectivity index (χ1v) is 8.68. The average Bonchev–Trinajstić information content (AvgIpc) is 2.93. The molecule has 2 fully saturated rings. The Labute approximate surface area is 151 Å². The van der Waals surface area contributed by atoms with Gasteiger partial charge in [0, 0.05) is 44.2 Å². The molecule has 0 spiro atoms. The second kappa shape index (κ2) is 6.44. The van der Waals surface area contributed by atoms with Crippen LogP contribution in [-0.2, 0) is 11.8 Å². The zero-order chi connectivity index (χ0) is 18.3. The Bertz CT molecular complexity index is 868. The summed E-state index contributed by atoms with van der Waals surface area (Å²) in [5.41, 5.74) is 1.38. The molecule has 4 rings (SSSR count). The Kier molecular flexibility index (Phi) is 4.10. The van der Waals surface area contributed by atoms with Crippen molar-refractivity contribution in [3.05, 3.63) is 40.9 Å². The summed E-state index contributed by atoms with van der Waals surface area (Å²) in [5, 5.41) is 0. The molecule has 0 aromatic carbocycles. The van der Waals surface area contributed by atoms with Gasteiger partial charge in [-0.25, -0.2) is 9.78 Å². The SMILES string of the molecule is COC(=O)N1[C@@H]2CC[C@H]1CN(c1nc(-c3ccncc3)cc(=O)n1C)C2. The van der Waals surface area contributed by atoms with E-state index in [2.05, 4.69) is 9.88 Å². The molecule has 26 heavy (non-hydrogen) atoms. The quantitative estimate of drug-likeness (QED) is 0.807. The van der Waals surface area contributed by atoms with Crippen molar-refractivity contribution in [1.82, 2.24) is 19.4 Å². The monoisotopic (exact) mass is 355 g/mol. The molecule has 4 heterocycles. The summed E-state index contributed by atoms with van der Waals surface area (Å²) in [4.78, 5) is 37.2. The van der Waals surface area contributed by atoms with Crippen molar-refractivity contribution in [3.8, 4) is 11.3 Å². The van der Waals surface area contributed by atoms with Crippen molar-refractivity contribution in [3.63, 3.8) is 0 Å². The third-order valence-corrected chi connectivity index (χ3v) is 5.24. The summed E-state index contributed by atoms with van der Waals surface area (Å²) >= 11 is 0. The fourth-order valence-electron chi connectivity index (χ4n) is 3.95. The van der Waals surface area contributed by atoms with Gasteiger partial charge in [-0.2, -0.15) is 0 Å². The fourth-order valence-corrected chi connectivity index (χ4v) is 3.95. The molecule has 2 atom stereocenters. The van der Waals surface area contributed by atoms with Crippen molar-refractivity contribution in [2.24, 2.45) is 7.05 Å². The molecule has 1 amide bonds.